The molecule has 1 heterocycles. The molecule has 1 amide bonds. The van der Waals surface area contributed by atoms with E-state index in [9.17, 15) is 4.79 Å². The normalized spacial score (nSPS) is 13.7. The first-order valence-corrected chi connectivity index (χ1v) is 14.6. The second-order valence-electron chi connectivity index (χ2n) is 11.1. The molecule has 0 atom stereocenters. The molecule has 0 aromatic heterocycles. The van der Waals surface area contributed by atoms with E-state index >= 15 is 0 Å². The first-order chi connectivity index (χ1) is 20.9. The van der Waals surface area contributed by atoms with E-state index in [4.69, 9.17) is 21.3 Å². The summed E-state index contributed by atoms with van der Waals surface area (Å²) in [5.74, 6) is 1.31. The second-order valence-corrected chi connectivity index (χ2v) is 11.1. The number of amides is 1. The molecular weight excluding hydrogens is 534 g/mol. The minimum absolute atomic E-state index is 0.0257. The lowest BCUT2D eigenvalue weighted by Crippen LogP contribution is -2.40. The lowest BCUT2D eigenvalue weighted by atomic mass is 10.0. The molecule has 0 bridgehead atoms. The number of nitrogens with one attached hydrogen (secondary N) is 2. The fourth-order valence-corrected chi connectivity index (χ4v) is 5.79. The van der Waals surface area contributed by atoms with Crippen LogP contribution in [0.4, 0.5) is 5.69 Å². The molecule has 7 nitrogen and oxygen atoms in total. The number of benzene rings is 5. The van der Waals surface area contributed by atoms with Gasteiger partial charge in [-0.05, 0) is 76.5 Å². The number of ether oxygens (including phenoxy) is 1. The van der Waals surface area contributed by atoms with Crippen molar-refractivity contribution in [1.29, 1.82) is 10.8 Å². The van der Waals surface area contributed by atoms with E-state index in [2.05, 4.69) is 11.0 Å². The SMILES string of the molecule is CC(=N)N1CCC(Oc2ccc(N(Cc3ccc4ccc(C(=N)N)cc4c3)C(=O)c3cccc4ccccc34)cc2)CC1. The van der Waals surface area contributed by atoms with Crippen LogP contribution < -0.4 is 15.4 Å². The third kappa shape index (κ3) is 6.06. The fraction of sp³-hybridized carbons (Fsp3) is 0.194. The Morgan fingerprint density at radius 1 is 0.860 bits per heavy atom. The van der Waals surface area contributed by atoms with Gasteiger partial charge in [0.05, 0.1) is 12.4 Å². The first kappa shape index (κ1) is 28.0. The van der Waals surface area contributed by atoms with Crippen molar-refractivity contribution in [2.24, 2.45) is 5.73 Å². The van der Waals surface area contributed by atoms with Gasteiger partial charge in [0, 0.05) is 42.7 Å². The molecule has 1 saturated heterocycles. The number of carbonyl (C=O) groups is 1. The van der Waals surface area contributed by atoms with Crippen LogP contribution in [0.25, 0.3) is 21.5 Å². The van der Waals surface area contributed by atoms with E-state index in [0.29, 0.717) is 23.5 Å². The van der Waals surface area contributed by atoms with Crippen molar-refractivity contribution in [3.63, 3.8) is 0 Å². The van der Waals surface area contributed by atoms with Crippen LogP contribution >= 0.6 is 0 Å². The van der Waals surface area contributed by atoms with Crippen LogP contribution in [0.15, 0.2) is 103 Å². The summed E-state index contributed by atoms with van der Waals surface area (Å²) < 4.78 is 6.29. The molecule has 6 rings (SSSR count). The Morgan fingerprint density at radius 3 is 2.33 bits per heavy atom. The zero-order chi connectivity index (χ0) is 29.9. The number of nitrogens with zero attached hydrogens (tertiary/aromatic N) is 2. The van der Waals surface area contributed by atoms with Crippen molar-refractivity contribution in [2.75, 3.05) is 18.0 Å². The first-order valence-electron chi connectivity index (χ1n) is 14.6. The lowest BCUT2D eigenvalue weighted by Gasteiger charge is -2.33. The number of hydrogen-bond acceptors (Lipinski definition) is 4. The van der Waals surface area contributed by atoms with Gasteiger partial charge >= 0.3 is 0 Å². The maximum atomic E-state index is 14.3. The number of anilines is 1. The summed E-state index contributed by atoms with van der Waals surface area (Å²) in [6.07, 6.45) is 1.85. The summed E-state index contributed by atoms with van der Waals surface area (Å²) in [5.41, 5.74) is 8.80. The number of amidine groups is 2. The highest BCUT2D eigenvalue weighted by atomic mass is 16.5. The molecule has 0 radical (unpaired) electrons. The summed E-state index contributed by atoms with van der Waals surface area (Å²) in [6, 6.07) is 33.4. The van der Waals surface area contributed by atoms with Crippen molar-refractivity contribution in [3.05, 3.63) is 120 Å². The summed E-state index contributed by atoms with van der Waals surface area (Å²) in [4.78, 5) is 18.2. The molecule has 0 saturated carbocycles. The van der Waals surface area contributed by atoms with Gasteiger partial charge in [0.25, 0.3) is 5.91 Å². The largest absolute Gasteiger partial charge is 0.490 e. The van der Waals surface area contributed by atoms with Crippen LogP contribution in [-0.4, -0.2) is 41.7 Å². The third-order valence-electron chi connectivity index (χ3n) is 8.19. The molecule has 1 aliphatic heterocycles. The Morgan fingerprint density at radius 2 is 1.58 bits per heavy atom. The van der Waals surface area contributed by atoms with Crippen molar-refractivity contribution >= 4 is 44.8 Å². The topological polar surface area (TPSA) is 106 Å². The van der Waals surface area contributed by atoms with Gasteiger partial charge in [-0.1, -0.05) is 60.7 Å². The predicted molar refractivity (Wildman–Crippen MR) is 174 cm³/mol. The average molecular weight is 570 g/mol. The van der Waals surface area contributed by atoms with Crippen LogP contribution in [0.1, 0.15) is 41.3 Å². The van der Waals surface area contributed by atoms with Gasteiger partial charge < -0.3 is 20.3 Å². The third-order valence-corrected chi connectivity index (χ3v) is 8.19. The van der Waals surface area contributed by atoms with Crippen LogP contribution in [0.2, 0.25) is 0 Å². The number of hydrogen-bond donors (Lipinski definition) is 3. The van der Waals surface area contributed by atoms with Crippen molar-refractivity contribution in [2.45, 2.75) is 32.4 Å². The molecule has 216 valence electrons. The van der Waals surface area contributed by atoms with Gasteiger partial charge in [-0.25, -0.2) is 0 Å². The van der Waals surface area contributed by atoms with Gasteiger partial charge in [0.15, 0.2) is 0 Å². The molecule has 0 aliphatic carbocycles. The van der Waals surface area contributed by atoms with Crippen molar-refractivity contribution in [3.8, 4) is 5.75 Å². The molecule has 0 unspecified atom stereocenters. The number of carbonyl (C=O) groups excluding carboxylic acids is 1. The predicted octanol–water partition coefficient (Wildman–Crippen LogP) is 6.96. The zero-order valence-electron chi connectivity index (χ0n) is 24.2. The zero-order valence-corrected chi connectivity index (χ0v) is 24.2. The number of piperidine rings is 1. The monoisotopic (exact) mass is 569 g/mol. The summed E-state index contributed by atoms with van der Waals surface area (Å²) in [6.45, 7) is 3.84. The molecule has 1 fully saturated rings. The van der Waals surface area contributed by atoms with Gasteiger partial charge in [-0.3, -0.25) is 15.6 Å². The Hall–Kier alpha value is -5.17. The molecule has 43 heavy (non-hydrogen) atoms. The smallest absolute Gasteiger partial charge is 0.259 e. The van der Waals surface area contributed by atoms with Gasteiger partial charge in [-0.2, -0.15) is 0 Å². The van der Waals surface area contributed by atoms with Gasteiger partial charge in [0.1, 0.15) is 17.7 Å². The number of rotatable bonds is 7. The molecule has 4 N–H and O–H groups in total. The minimum Gasteiger partial charge on any atom is -0.490 e. The fourth-order valence-electron chi connectivity index (χ4n) is 5.79. The van der Waals surface area contributed by atoms with Crippen LogP contribution in [-0.2, 0) is 6.54 Å². The van der Waals surface area contributed by atoms with Gasteiger partial charge in [0.2, 0.25) is 0 Å². The van der Waals surface area contributed by atoms with E-state index in [-0.39, 0.29) is 17.8 Å². The lowest BCUT2D eigenvalue weighted by molar-refractivity contribution is 0.0986. The number of likely N-dealkylation sites (tertiary alicyclic amines) is 1. The standard InChI is InChI=1S/C36H35N5O2/c1-24(37)40-19-17-32(18-20-40)43-31-15-13-30(14-16-31)41(36(42)34-8-4-6-27-5-2-3-7-33(27)34)23-25-9-10-26-11-12-28(35(38)39)22-29(26)21-25/h2-16,21-22,32,37H,17-20,23H2,1H3,(H3,38,39). The Labute approximate surface area is 251 Å². The molecular formula is C36H35N5O2. The quantitative estimate of drug-likeness (QED) is 0.145. The highest BCUT2D eigenvalue weighted by Crippen LogP contribution is 2.29. The summed E-state index contributed by atoms with van der Waals surface area (Å²) in [7, 11) is 0. The molecule has 7 heteroatoms. The van der Waals surface area contributed by atoms with Crippen molar-refractivity contribution < 1.29 is 9.53 Å². The Balaban J connectivity index is 1.31. The highest BCUT2D eigenvalue weighted by Gasteiger charge is 2.23. The molecule has 5 aromatic rings. The average Bonchev–Trinajstić information content (AvgIpc) is 3.03. The van der Waals surface area contributed by atoms with Crippen molar-refractivity contribution in [1.82, 2.24) is 4.90 Å². The van der Waals surface area contributed by atoms with Crippen LogP contribution in [0.5, 0.6) is 5.75 Å². The summed E-state index contributed by atoms with van der Waals surface area (Å²) in [5, 5.41) is 19.6. The molecule has 5 aromatic carbocycles. The van der Waals surface area contributed by atoms with E-state index < -0.39 is 0 Å². The molecule has 1 aliphatic rings. The Kier molecular flexibility index (Phi) is 7.79. The van der Waals surface area contributed by atoms with Crippen LogP contribution in [0.3, 0.4) is 0 Å². The van der Waals surface area contributed by atoms with Gasteiger partial charge in [-0.15, -0.1) is 0 Å². The maximum absolute atomic E-state index is 14.3. The van der Waals surface area contributed by atoms with E-state index in [0.717, 1.165) is 64.5 Å². The summed E-state index contributed by atoms with van der Waals surface area (Å²) >= 11 is 0. The highest BCUT2D eigenvalue weighted by molar-refractivity contribution is 6.14. The molecule has 0 spiro atoms. The Bertz CT molecular complexity index is 1820. The number of nitrogen functional groups attached to an aromatic ring is 1. The second kappa shape index (κ2) is 12.0. The van der Waals surface area contributed by atoms with E-state index in [1.165, 1.54) is 0 Å². The number of nitrogens with two attached hydrogens (primary N) is 1. The maximum Gasteiger partial charge on any atom is 0.259 e. The van der Waals surface area contributed by atoms with E-state index in [1.54, 1.807) is 0 Å². The van der Waals surface area contributed by atoms with E-state index in [1.807, 2.05) is 109 Å². The number of fused-ring (bicyclic) bond motifs is 2. The minimum atomic E-state index is -0.0857. The van der Waals surface area contributed by atoms with Crippen LogP contribution in [0, 0.1) is 10.8 Å².